The van der Waals surface area contributed by atoms with E-state index in [0.717, 1.165) is 43.1 Å². The van der Waals surface area contributed by atoms with Gasteiger partial charge in [-0.3, -0.25) is 4.90 Å². The summed E-state index contributed by atoms with van der Waals surface area (Å²) < 4.78 is 40.8. The fourth-order valence-corrected chi connectivity index (χ4v) is 4.76. The van der Waals surface area contributed by atoms with Crippen LogP contribution in [-0.4, -0.2) is 33.0 Å². The van der Waals surface area contributed by atoms with Crippen LogP contribution >= 0.6 is 11.6 Å². The lowest BCUT2D eigenvalue weighted by atomic mass is 9.97. The van der Waals surface area contributed by atoms with E-state index in [1.54, 1.807) is 12.1 Å². The zero-order chi connectivity index (χ0) is 19.3. The first kappa shape index (κ1) is 20.3. The van der Waals surface area contributed by atoms with Crippen molar-refractivity contribution in [2.24, 2.45) is 5.92 Å². The molecule has 1 heterocycles. The lowest BCUT2D eigenvalue weighted by Gasteiger charge is -2.32. The molecule has 2 aromatic carbocycles. The van der Waals surface area contributed by atoms with Crippen molar-refractivity contribution in [1.82, 2.24) is 9.62 Å². The van der Waals surface area contributed by atoms with Crippen LogP contribution in [0.15, 0.2) is 48.5 Å². The van der Waals surface area contributed by atoms with E-state index in [2.05, 4.69) is 9.62 Å². The van der Waals surface area contributed by atoms with Crippen molar-refractivity contribution in [2.75, 3.05) is 19.6 Å². The highest BCUT2D eigenvalue weighted by atomic mass is 35.5. The molecule has 7 heteroatoms. The van der Waals surface area contributed by atoms with Gasteiger partial charge in [0.25, 0.3) is 0 Å². The normalized spacial score (nSPS) is 16.5. The van der Waals surface area contributed by atoms with Crippen LogP contribution < -0.4 is 4.72 Å². The summed E-state index contributed by atoms with van der Waals surface area (Å²) in [5, 5.41) is 0.778. The number of sulfonamides is 1. The molecular formula is C20H24ClFN2O2S. The Balaban J connectivity index is 1.45. The van der Waals surface area contributed by atoms with Crippen LogP contribution in [0.4, 0.5) is 4.39 Å². The van der Waals surface area contributed by atoms with E-state index in [4.69, 9.17) is 11.6 Å². The summed E-state index contributed by atoms with van der Waals surface area (Å²) in [4.78, 5) is 2.34. The highest BCUT2D eigenvalue weighted by molar-refractivity contribution is 7.88. The van der Waals surface area contributed by atoms with Crippen molar-refractivity contribution in [1.29, 1.82) is 0 Å². The summed E-state index contributed by atoms with van der Waals surface area (Å²) in [7, 11) is -3.55. The molecule has 146 valence electrons. The van der Waals surface area contributed by atoms with Gasteiger partial charge in [-0.05, 0) is 49.5 Å². The molecule has 0 bridgehead atoms. The van der Waals surface area contributed by atoms with Crippen LogP contribution in [-0.2, 0) is 22.3 Å². The third-order valence-electron chi connectivity index (χ3n) is 4.95. The van der Waals surface area contributed by atoms with Gasteiger partial charge in [0.2, 0.25) is 10.0 Å². The Bertz CT molecular complexity index is 868. The van der Waals surface area contributed by atoms with Gasteiger partial charge in [-0.1, -0.05) is 48.0 Å². The minimum atomic E-state index is -3.55. The van der Waals surface area contributed by atoms with Crippen LogP contribution in [0.2, 0.25) is 5.02 Å². The van der Waals surface area contributed by atoms with Gasteiger partial charge >= 0.3 is 0 Å². The predicted octanol–water partition coefficient (Wildman–Crippen LogP) is 3.81. The molecule has 27 heavy (non-hydrogen) atoms. The summed E-state index contributed by atoms with van der Waals surface area (Å²) in [5.74, 6) is -0.524. The van der Waals surface area contributed by atoms with E-state index < -0.39 is 15.8 Å². The van der Waals surface area contributed by atoms with Gasteiger partial charge in [-0.25, -0.2) is 17.5 Å². The molecule has 1 fully saturated rings. The first-order valence-electron chi connectivity index (χ1n) is 9.09. The van der Waals surface area contributed by atoms with Crippen molar-refractivity contribution in [3.8, 4) is 0 Å². The topological polar surface area (TPSA) is 49.4 Å². The third-order valence-corrected chi connectivity index (χ3v) is 6.62. The van der Waals surface area contributed by atoms with Crippen LogP contribution in [0, 0.1) is 11.7 Å². The lowest BCUT2D eigenvalue weighted by Crippen LogP contribution is -2.38. The third kappa shape index (κ3) is 6.01. The number of likely N-dealkylation sites (tertiary alicyclic amines) is 1. The van der Waals surface area contributed by atoms with E-state index in [-0.39, 0.29) is 11.3 Å². The Morgan fingerprint density at radius 3 is 2.33 bits per heavy atom. The number of halogens is 2. The summed E-state index contributed by atoms with van der Waals surface area (Å²) >= 11 is 6.22. The Hall–Kier alpha value is -1.47. The van der Waals surface area contributed by atoms with Gasteiger partial charge in [-0.15, -0.1) is 0 Å². The van der Waals surface area contributed by atoms with Crippen molar-refractivity contribution in [3.05, 3.63) is 70.5 Å². The molecule has 1 saturated heterocycles. The second-order valence-corrected chi connectivity index (χ2v) is 9.22. The van der Waals surface area contributed by atoms with E-state index >= 15 is 0 Å². The van der Waals surface area contributed by atoms with Crippen LogP contribution in [0.5, 0.6) is 0 Å². The monoisotopic (exact) mass is 410 g/mol. The minimum absolute atomic E-state index is 0.194. The molecule has 0 radical (unpaired) electrons. The zero-order valence-corrected chi connectivity index (χ0v) is 16.6. The minimum Gasteiger partial charge on any atom is -0.299 e. The fraction of sp³-hybridized carbons (Fsp3) is 0.400. The van der Waals surface area contributed by atoms with Gasteiger partial charge in [0.05, 0.1) is 5.75 Å². The standard InChI is InChI=1S/C20H24ClFN2O2S/c21-19-7-3-1-5-17(19)14-24-11-9-16(10-12-24)13-23-27(25,26)15-18-6-2-4-8-20(18)22/h1-8,16,23H,9-15H2. The maximum absolute atomic E-state index is 13.7. The molecule has 2 aromatic rings. The van der Waals surface area contributed by atoms with Crippen LogP contribution in [0.1, 0.15) is 24.0 Å². The Labute approximate surface area is 165 Å². The maximum atomic E-state index is 13.7. The van der Waals surface area contributed by atoms with Gasteiger partial charge < -0.3 is 0 Å². The molecule has 0 amide bonds. The summed E-state index contributed by atoms with van der Waals surface area (Å²) in [6.45, 7) is 3.03. The Morgan fingerprint density at radius 1 is 1.04 bits per heavy atom. The van der Waals surface area contributed by atoms with Crippen LogP contribution in [0.25, 0.3) is 0 Å². The quantitative estimate of drug-likeness (QED) is 0.755. The molecule has 0 aromatic heterocycles. The molecule has 3 rings (SSSR count). The number of rotatable bonds is 7. The number of benzene rings is 2. The molecule has 1 N–H and O–H groups in total. The molecule has 0 unspecified atom stereocenters. The number of hydrogen-bond donors (Lipinski definition) is 1. The first-order chi connectivity index (χ1) is 12.9. The van der Waals surface area contributed by atoms with Gasteiger partial charge in [-0.2, -0.15) is 0 Å². The maximum Gasteiger partial charge on any atom is 0.215 e. The molecule has 1 aliphatic heterocycles. The largest absolute Gasteiger partial charge is 0.299 e. The summed E-state index contributed by atoms with van der Waals surface area (Å²) in [5.41, 5.74) is 1.31. The van der Waals surface area contributed by atoms with Crippen molar-refractivity contribution >= 4 is 21.6 Å². The van der Waals surface area contributed by atoms with E-state index in [9.17, 15) is 12.8 Å². The average molecular weight is 411 g/mol. The number of hydrogen-bond acceptors (Lipinski definition) is 3. The van der Waals surface area contributed by atoms with E-state index in [1.165, 1.54) is 12.1 Å². The van der Waals surface area contributed by atoms with E-state index in [0.29, 0.717) is 12.5 Å². The lowest BCUT2D eigenvalue weighted by molar-refractivity contribution is 0.178. The highest BCUT2D eigenvalue weighted by Gasteiger charge is 2.22. The van der Waals surface area contributed by atoms with Gasteiger partial charge in [0.1, 0.15) is 5.82 Å². The van der Waals surface area contributed by atoms with Crippen molar-refractivity contribution in [3.63, 3.8) is 0 Å². The molecule has 0 spiro atoms. The molecule has 0 aliphatic carbocycles. The highest BCUT2D eigenvalue weighted by Crippen LogP contribution is 2.22. The zero-order valence-electron chi connectivity index (χ0n) is 15.1. The second-order valence-electron chi connectivity index (χ2n) is 7.01. The van der Waals surface area contributed by atoms with Gasteiger partial charge in [0.15, 0.2) is 0 Å². The van der Waals surface area contributed by atoms with Gasteiger partial charge in [0, 0.05) is 23.7 Å². The van der Waals surface area contributed by atoms with E-state index in [1.807, 2.05) is 24.3 Å². The fourth-order valence-electron chi connectivity index (χ4n) is 3.33. The SMILES string of the molecule is O=S(=O)(Cc1ccccc1F)NCC1CCN(Cc2ccccc2Cl)CC1. The number of piperidine rings is 1. The first-order valence-corrected chi connectivity index (χ1v) is 11.1. The molecular weight excluding hydrogens is 387 g/mol. The second kappa shape index (κ2) is 9.15. The number of nitrogens with zero attached hydrogens (tertiary/aromatic N) is 1. The average Bonchev–Trinajstić information content (AvgIpc) is 2.65. The molecule has 0 atom stereocenters. The Morgan fingerprint density at radius 2 is 1.67 bits per heavy atom. The predicted molar refractivity (Wildman–Crippen MR) is 106 cm³/mol. The molecule has 0 saturated carbocycles. The molecule has 1 aliphatic rings. The Kier molecular flexibility index (Phi) is 6.87. The number of nitrogens with one attached hydrogen (secondary N) is 1. The van der Waals surface area contributed by atoms with Crippen LogP contribution in [0.3, 0.4) is 0 Å². The smallest absolute Gasteiger partial charge is 0.215 e. The summed E-state index contributed by atoms with van der Waals surface area (Å²) in [6, 6.07) is 13.8. The molecule has 4 nitrogen and oxygen atoms in total. The van der Waals surface area contributed by atoms with Crippen molar-refractivity contribution in [2.45, 2.75) is 25.1 Å². The summed E-state index contributed by atoms with van der Waals surface area (Å²) in [6.07, 6.45) is 1.85. The van der Waals surface area contributed by atoms with Crippen molar-refractivity contribution < 1.29 is 12.8 Å².